The van der Waals surface area contributed by atoms with Crippen molar-refractivity contribution in [2.75, 3.05) is 31.1 Å². The van der Waals surface area contributed by atoms with Gasteiger partial charge in [-0.05, 0) is 56.2 Å². The van der Waals surface area contributed by atoms with Gasteiger partial charge in [-0.15, -0.1) is 0 Å². The molecule has 1 aromatic heterocycles. The largest absolute Gasteiger partial charge is 0.506 e. The number of aromatic nitrogens is 1. The van der Waals surface area contributed by atoms with Crippen molar-refractivity contribution in [3.8, 4) is 5.75 Å². The predicted octanol–water partition coefficient (Wildman–Crippen LogP) is 3.81. The lowest BCUT2D eigenvalue weighted by atomic mass is 9.95. The molecule has 2 aliphatic heterocycles. The molecule has 2 fully saturated rings. The van der Waals surface area contributed by atoms with Gasteiger partial charge in [0, 0.05) is 37.5 Å². The number of hydrogen-bond donors (Lipinski definition) is 1. The Labute approximate surface area is 161 Å². The first-order valence-corrected chi connectivity index (χ1v) is 10.2. The van der Waals surface area contributed by atoms with Crippen LogP contribution in [0.2, 0.25) is 0 Å². The van der Waals surface area contributed by atoms with Gasteiger partial charge in [0.1, 0.15) is 17.1 Å². The second-order valence-corrected chi connectivity index (χ2v) is 8.14. The monoisotopic (exact) mass is 367 g/mol. The van der Waals surface area contributed by atoms with Crippen molar-refractivity contribution in [3.05, 3.63) is 30.3 Å². The molecule has 0 aliphatic carbocycles. The molecule has 3 heterocycles. The number of pyridine rings is 1. The highest BCUT2D eigenvalue weighted by molar-refractivity contribution is 5.85. The normalized spacial score (nSPS) is 22.0. The molecule has 1 aromatic carbocycles. The Bertz CT molecular complexity index is 814. The zero-order valence-electron chi connectivity index (χ0n) is 16.1. The summed E-state index contributed by atoms with van der Waals surface area (Å²) >= 11 is 0. The average molecular weight is 367 g/mol. The molecule has 0 saturated carbocycles. The first-order valence-electron chi connectivity index (χ1n) is 10.2. The Morgan fingerprint density at radius 1 is 1.04 bits per heavy atom. The molecule has 4 rings (SSSR count). The highest BCUT2D eigenvalue weighted by atomic mass is 16.3. The second-order valence-electron chi connectivity index (χ2n) is 8.14. The van der Waals surface area contributed by atoms with Crippen LogP contribution in [-0.4, -0.2) is 47.1 Å². The third-order valence-electron chi connectivity index (χ3n) is 6.18. The number of phenolic OH excluding ortho intramolecular Hbond substituents is 1. The molecular weight excluding hydrogens is 338 g/mol. The second kappa shape index (κ2) is 7.75. The smallest absolute Gasteiger partial charge is 0.225 e. The summed E-state index contributed by atoms with van der Waals surface area (Å²) in [6.07, 6.45) is 5.27. The van der Waals surface area contributed by atoms with Gasteiger partial charge in [-0.1, -0.05) is 19.1 Å². The fourth-order valence-corrected chi connectivity index (χ4v) is 4.39. The van der Waals surface area contributed by atoms with Gasteiger partial charge in [0.05, 0.1) is 0 Å². The van der Waals surface area contributed by atoms with Crippen LogP contribution in [0.3, 0.4) is 0 Å². The van der Waals surface area contributed by atoms with Gasteiger partial charge in [-0.3, -0.25) is 4.79 Å². The molecule has 1 atom stereocenters. The van der Waals surface area contributed by atoms with Crippen molar-refractivity contribution >= 4 is 22.6 Å². The summed E-state index contributed by atoms with van der Waals surface area (Å²) in [6.45, 7) is 5.82. The molecule has 5 nitrogen and oxygen atoms in total. The van der Waals surface area contributed by atoms with Crippen molar-refractivity contribution in [1.82, 2.24) is 9.88 Å². The molecule has 1 amide bonds. The number of para-hydroxylation sites is 1. The minimum absolute atomic E-state index is 0.142. The van der Waals surface area contributed by atoms with E-state index in [1.807, 2.05) is 24.3 Å². The van der Waals surface area contributed by atoms with Gasteiger partial charge in [0.25, 0.3) is 0 Å². The fourth-order valence-electron chi connectivity index (χ4n) is 4.39. The number of nitrogens with zero attached hydrogens (tertiary/aromatic N) is 3. The fraction of sp³-hybridized carbons (Fsp3) is 0.545. The number of carbonyl (C=O) groups is 1. The Morgan fingerprint density at radius 2 is 1.85 bits per heavy atom. The van der Waals surface area contributed by atoms with E-state index in [4.69, 9.17) is 0 Å². The van der Waals surface area contributed by atoms with E-state index in [1.165, 1.54) is 6.42 Å². The Hall–Kier alpha value is -2.30. The van der Waals surface area contributed by atoms with Gasteiger partial charge in [-0.25, -0.2) is 4.98 Å². The molecule has 2 aliphatic rings. The molecule has 0 bridgehead atoms. The standard InChI is InChI=1S/C22H29N3O2/c1-16-4-3-12-25(13-9-16)22(27)18-10-14-24(15-11-18)20-8-7-17-5-2-6-19(26)21(17)23-20/h2,5-8,16,18,26H,3-4,9-15H2,1H3. The number of phenols is 1. The van der Waals surface area contributed by atoms with Gasteiger partial charge in [0.15, 0.2) is 0 Å². The lowest BCUT2D eigenvalue weighted by molar-refractivity contribution is -0.136. The van der Waals surface area contributed by atoms with Crippen LogP contribution < -0.4 is 4.90 Å². The summed E-state index contributed by atoms with van der Waals surface area (Å²) in [4.78, 5) is 21.9. The number of fused-ring (bicyclic) bond motifs is 1. The maximum absolute atomic E-state index is 12.9. The molecule has 2 aromatic rings. The number of hydrogen-bond acceptors (Lipinski definition) is 4. The summed E-state index contributed by atoms with van der Waals surface area (Å²) in [5.41, 5.74) is 0.645. The van der Waals surface area contributed by atoms with Crippen LogP contribution in [-0.2, 0) is 4.79 Å². The van der Waals surface area contributed by atoms with E-state index in [0.29, 0.717) is 11.4 Å². The Morgan fingerprint density at radius 3 is 2.67 bits per heavy atom. The van der Waals surface area contributed by atoms with E-state index >= 15 is 0 Å². The Balaban J connectivity index is 1.40. The third-order valence-corrected chi connectivity index (χ3v) is 6.18. The van der Waals surface area contributed by atoms with E-state index in [9.17, 15) is 9.90 Å². The molecule has 5 heteroatoms. The summed E-state index contributed by atoms with van der Waals surface area (Å²) in [6, 6.07) is 9.48. The molecule has 0 radical (unpaired) electrons. The maximum Gasteiger partial charge on any atom is 0.225 e. The van der Waals surface area contributed by atoms with Crippen molar-refractivity contribution in [1.29, 1.82) is 0 Å². The predicted molar refractivity (Wildman–Crippen MR) is 108 cm³/mol. The summed E-state index contributed by atoms with van der Waals surface area (Å²) in [5.74, 6) is 2.34. The number of carbonyl (C=O) groups excluding carboxylic acids is 1. The Kier molecular flexibility index (Phi) is 5.19. The van der Waals surface area contributed by atoms with Crippen LogP contribution in [0.25, 0.3) is 10.9 Å². The van der Waals surface area contributed by atoms with E-state index in [2.05, 4.69) is 21.7 Å². The molecule has 27 heavy (non-hydrogen) atoms. The molecule has 144 valence electrons. The summed E-state index contributed by atoms with van der Waals surface area (Å²) in [7, 11) is 0. The highest BCUT2D eigenvalue weighted by Crippen LogP contribution is 2.29. The first kappa shape index (κ1) is 18.1. The molecule has 2 saturated heterocycles. The number of aromatic hydroxyl groups is 1. The summed E-state index contributed by atoms with van der Waals surface area (Å²) < 4.78 is 0. The summed E-state index contributed by atoms with van der Waals surface area (Å²) in [5, 5.41) is 11.0. The maximum atomic E-state index is 12.9. The number of amides is 1. The van der Waals surface area contributed by atoms with E-state index in [1.54, 1.807) is 6.07 Å². The zero-order valence-corrected chi connectivity index (χ0v) is 16.1. The number of likely N-dealkylation sites (tertiary alicyclic amines) is 1. The van der Waals surface area contributed by atoms with Gasteiger partial charge >= 0.3 is 0 Å². The highest BCUT2D eigenvalue weighted by Gasteiger charge is 2.30. The lowest BCUT2D eigenvalue weighted by Gasteiger charge is -2.34. The van der Waals surface area contributed by atoms with E-state index < -0.39 is 0 Å². The van der Waals surface area contributed by atoms with Crippen LogP contribution in [0.5, 0.6) is 5.75 Å². The SMILES string of the molecule is CC1CCCN(C(=O)C2CCN(c3ccc4cccc(O)c4n3)CC2)CC1. The van der Waals surface area contributed by atoms with Crippen molar-refractivity contribution < 1.29 is 9.90 Å². The van der Waals surface area contributed by atoms with Crippen molar-refractivity contribution in [2.24, 2.45) is 11.8 Å². The van der Waals surface area contributed by atoms with Gasteiger partial charge in [-0.2, -0.15) is 0 Å². The van der Waals surface area contributed by atoms with Crippen LogP contribution in [0.15, 0.2) is 30.3 Å². The van der Waals surface area contributed by atoms with Gasteiger partial charge < -0.3 is 14.9 Å². The lowest BCUT2D eigenvalue weighted by Crippen LogP contribution is -2.43. The van der Waals surface area contributed by atoms with E-state index in [0.717, 1.165) is 69.0 Å². The van der Waals surface area contributed by atoms with Crippen LogP contribution in [0, 0.1) is 11.8 Å². The number of benzene rings is 1. The van der Waals surface area contributed by atoms with Gasteiger partial charge in [0.2, 0.25) is 5.91 Å². The number of rotatable bonds is 2. The zero-order chi connectivity index (χ0) is 18.8. The molecular formula is C22H29N3O2. The number of piperidine rings is 1. The quantitative estimate of drug-likeness (QED) is 0.877. The molecule has 0 spiro atoms. The minimum Gasteiger partial charge on any atom is -0.506 e. The molecule has 1 N–H and O–H groups in total. The van der Waals surface area contributed by atoms with Crippen molar-refractivity contribution in [3.63, 3.8) is 0 Å². The van der Waals surface area contributed by atoms with E-state index in [-0.39, 0.29) is 11.7 Å². The van der Waals surface area contributed by atoms with Crippen LogP contribution >= 0.6 is 0 Å². The topological polar surface area (TPSA) is 56.7 Å². The molecule has 1 unspecified atom stereocenters. The first-order chi connectivity index (χ1) is 13.1. The average Bonchev–Trinajstić information content (AvgIpc) is 2.92. The van der Waals surface area contributed by atoms with Crippen molar-refractivity contribution in [2.45, 2.75) is 39.0 Å². The van der Waals surface area contributed by atoms with Crippen LogP contribution in [0.4, 0.5) is 5.82 Å². The minimum atomic E-state index is 0.142. The third kappa shape index (κ3) is 3.87. The number of anilines is 1. The van der Waals surface area contributed by atoms with Crippen LogP contribution in [0.1, 0.15) is 39.0 Å².